The summed E-state index contributed by atoms with van der Waals surface area (Å²) in [5, 5.41) is 3.17. The van der Waals surface area contributed by atoms with Crippen molar-refractivity contribution >= 4 is 28.8 Å². The van der Waals surface area contributed by atoms with Gasteiger partial charge in [0.1, 0.15) is 17.2 Å². The van der Waals surface area contributed by atoms with Crippen molar-refractivity contribution in [3.63, 3.8) is 0 Å². The third-order valence-electron chi connectivity index (χ3n) is 5.05. The van der Waals surface area contributed by atoms with Crippen LogP contribution in [0.1, 0.15) is 26.3 Å². The van der Waals surface area contributed by atoms with Crippen LogP contribution in [0.15, 0.2) is 84.6 Å². The first-order chi connectivity index (χ1) is 16.0. The highest BCUT2D eigenvalue weighted by Crippen LogP contribution is 2.34. The van der Waals surface area contributed by atoms with Gasteiger partial charge in [0.2, 0.25) is 0 Å². The van der Waals surface area contributed by atoms with Gasteiger partial charge < -0.3 is 14.8 Å². The van der Waals surface area contributed by atoms with Crippen LogP contribution in [-0.2, 0) is 9.59 Å². The summed E-state index contributed by atoms with van der Waals surface area (Å²) >= 11 is 0. The number of hydrogen-bond donors (Lipinski definition) is 1. The van der Waals surface area contributed by atoms with Crippen molar-refractivity contribution in [2.45, 2.75) is 26.9 Å². The van der Waals surface area contributed by atoms with Gasteiger partial charge >= 0.3 is 0 Å². The molecular weight excluding hydrogens is 416 g/mol. The van der Waals surface area contributed by atoms with Gasteiger partial charge in [-0.05, 0) is 74.9 Å². The first kappa shape index (κ1) is 22.1. The molecule has 1 aliphatic rings. The maximum atomic E-state index is 13.5. The highest BCUT2D eigenvalue weighted by Gasteiger charge is 2.40. The van der Waals surface area contributed by atoms with Crippen molar-refractivity contribution in [1.82, 2.24) is 0 Å². The van der Waals surface area contributed by atoms with E-state index < -0.39 is 5.91 Å². The largest absolute Gasteiger partial charge is 0.494 e. The van der Waals surface area contributed by atoms with Crippen molar-refractivity contribution in [2.75, 3.05) is 16.8 Å². The molecule has 1 heterocycles. The lowest BCUT2D eigenvalue weighted by molar-refractivity contribution is -0.120. The fourth-order valence-electron chi connectivity index (χ4n) is 3.64. The number of hydrogen-bond acceptors (Lipinski definition) is 5. The van der Waals surface area contributed by atoms with Crippen LogP contribution < -0.4 is 19.7 Å². The molecule has 0 spiro atoms. The van der Waals surface area contributed by atoms with Crippen molar-refractivity contribution in [3.05, 3.63) is 90.1 Å². The Kier molecular flexibility index (Phi) is 6.45. The third kappa shape index (κ3) is 4.75. The van der Waals surface area contributed by atoms with Crippen LogP contribution in [0, 0.1) is 0 Å². The highest BCUT2D eigenvalue weighted by molar-refractivity contribution is 6.46. The molecule has 3 aromatic rings. The highest BCUT2D eigenvalue weighted by atomic mass is 16.5. The number of ether oxygens (including phenoxy) is 2. The minimum atomic E-state index is -0.405. The predicted octanol–water partition coefficient (Wildman–Crippen LogP) is 5.27. The zero-order valence-corrected chi connectivity index (χ0v) is 18.9. The van der Waals surface area contributed by atoms with Crippen LogP contribution in [0.5, 0.6) is 11.5 Å². The van der Waals surface area contributed by atoms with E-state index in [9.17, 15) is 9.59 Å². The molecule has 33 heavy (non-hydrogen) atoms. The number of carbonyl (C=O) groups excluding carboxylic acids is 2. The molecule has 0 unspecified atom stereocenters. The monoisotopic (exact) mass is 442 g/mol. The summed E-state index contributed by atoms with van der Waals surface area (Å²) in [6, 6.07) is 23.4. The van der Waals surface area contributed by atoms with Crippen molar-refractivity contribution in [3.8, 4) is 11.5 Å². The molecule has 6 nitrogen and oxygen atoms in total. The summed E-state index contributed by atoms with van der Waals surface area (Å²) in [5.41, 5.74) is 2.38. The standard InChI is InChI=1S/C27H26N2O4/c1-4-32-22-14-10-19(11-15-22)24-25(28-20-12-16-23(17-13-20)33-18(2)3)27(31)29(26(24)30)21-8-6-5-7-9-21/h5-18,28H,4H2,1-3H3. The predicted molar refractivity (Wildman–Crippen MR) is 129 cm³/mol. The number of imide groups is 1. The number of carbonyl (C=O) groups is 2. The molecule has 168 valence electrons. The summed E-state index contributed by atoms with van der Waals surface area (Å²) in [4.78, 5) is 28.1. The molecule has 0 bridgehead atoms. The number of nitrogens with one attached hydrogen (secondary N) is 1. The van der Waals surface area contributed by atoms with Gasteiger partial charge in [0.15, 0.2) is 0 Å². The normalized spacial score (nSPS) is 13.6. The molecule has 0 radical (unpaired) electrons. The molecule has 0 saturated heterocycles. The summed E-state index contributed by atoms with van der Waals surface area (Å²) < 4.78 is 11.2. The Morgan fingerprint density at radius 2 is 1.45 bits per heavy atom. The van der Waals surface area contributed by atoms with Gasteiger partial charge in [-0.1, -0.05) is 30.3 Å². The van der Waals surface area contributed by atoms with Crippen LogP contribution in [-0.4, -0.2) is 24.5 Å². The van der Waals surface area contributed by atoms with Gasteiger partial charge in [0, 0.05) is 5.69 Å². The molecule has 0 aliphatic carbocycles. The van der Waals surface area contributed by atoms with E-state index in [1.807, 2.05) is 51.1 Å². The van der Waals surface area contributed by atoms with Crippen LogP contribution in [0.4, 0.5) is 11.4 Å². The Morgan fingerprint density at radius 3 is 2.06 bits per heavy atom. The quantitative estimate of drug-likeness (QED) is 0.482. The molecule has 0 aromatic heterocycles. The molecule has 6 heteroatoms. The maximum absolute atomic E-state index is 13.5. The summed E-state index contributed by atoms with van der Waals surface area (Å²) in [7, 11) is 0. The van der Waals surface area contributed by atoms with Crippen LogP contribution in [0.3, 0.4) is 0 Å². The Balaban J connectivity index is 1.72. The van der Waals surface area contributed by atoms with E-state index in [1.54, 1.807) is 48.5 Å². The average molecular weight is 443 g/mol. The molecule has 4 rings (SSSR count). The lowest BCUT2D eigenvalue weighted by Gasteiger charge is -2.15. The van der Waals surface area contributed by atoms with Crippen LogP contribution >= 0.6 is 0 Å². The van der Waals surface area contributed by atoms with E-state index in [0.717, 1.165) is 5.75 Å². The minimum Gasteiger partial charge on any atom is -0.494 e. The van der Waals surface area contributed by atoms with Gasteiger partial charge in [-0.15, -0.1) is 0 Å². The Morgan fingerprint density at radius 1 is 0.818 bits per heavy atom. The Hall–Kier alpha value is -4.06. The molecular formula is C27H26N2O4. The Bertz CT molecular complexity index is 1170. The average Bonchev–Trinajstić information content (AvgIpc) is 3.05. The number of para-hydroxylation sites is 1. The number of amides is 2. The van der Waals surface area contributed by atoms with Gasteiger partial charge in [0.05, 0.1) is 24.0 Å². The maximum Gasteiger partial charge on any atom is 0.282 e. The summed E-state index contributed by atoms with van der Waals surface area (Å²) in [6.07, 6.45) is 0.0613. The Labute approximate surface area is 193 Å². The second kappa shape index (κ2) is 9.61. The molecule has 3 aromatic carbocycles. The second-order valence-corrected chi connectivity index (χ2v) is 7.80. The summed E-state index contributed by atoms with van der Waals surface area (Å²) in [5.74, 6) is 0.653. The molecule has 0 saturated carbocycles. The fraction of sp³-hybridized carbons (Fsp3) is 0.185. The second-order valence-electron chi connectivity index (χ2n) is 7.80. The van der Waals surface area contributed by atoms with E-state index in [-0.39, 0.29) is 17.7 Å². The lowest BCUT2D eigenvalue weighted by atomic mass is 10.0. The number of benzene rings is 3. The molecule has 1 aliphatic heterocycles. The van der Waals surface area contributed by atoms with E-state index >= 15 is 0 Å². The molecule has 0 fully saturated rings. The topological polar surface area (TPSA) is 67.9 Å². The van der Waals surface area contributed by atoms with E-state index in [4.69, 9.17) is 9.47 Å². The smallest absolute Gasteiger partial charge is 0.282 e. The van der Waals surface area contributed by atoms with Gasteiger partial charge in [-0.25, -0.2) is 4.90 Å². The fourth-order valence-corrected chi connectivity index (χ4v) is 3.64. The van der Waals surface area contributed by atoms with Gasteiger partial charge in [-0.2, -0.15) is 0 Å². The van der Waals surface area contributed by atoms with Crippen molar-refractivity contribution in [1.29, 1.82) is 0 Å². The van der Waals surface area contributed by atoms with Gasteiger partial charge in [0.25, 0.3) is 11.8 Å². The third-order valence-corrected chi connectivity index (χ3v) is 5.05. The summed E-state index contributed by atoms with van der Waals surface area (Å²) in [6.45, 7) is 6.37. The first-order valence-corrected chi connectivity index (χ1v) is 10.9. The van der Waals surface area contributed by atoms with E-state index in [2.05, 4.69) is 5.32 Å². The van der Waals surface area contributed by atoms with Crippen LogP contribution in [0.25, 0.3) is 5.57 Å². The first-order valence-electron chi connectivity index (χ1n) is 10.9. The minimum absolute atomic E-state index is 0.0613. The van der Waals surface area contributed by atoms with Crippen molar-refractivity contribution in [2.24, 2.45) is 0 Å². The van der Waals surface area contributed by atoms with Gasteiger partial charge in [-0.3, -0.25) is 9.59 Å². The van der Waals surface area contributed by atoms with E-state index in [1.165, 1.54) is 4.90 Å². The number of rotatable bonds is 8. The van der Waals surface area contributed by atoms with E-state index in [0.29, 0.717) is 34.9 Å². The SMILES string of the molecule is CCOc1ccc(C2=C(Nc3ccc(OC(C)C)cc3)C(=O)N(c3ccccc3)C2=O)cc1. The number of anilines is 2. The molecule has 2 amide bonds. The van der Waals surface area contributed by atoms with Crippen molar-refractivity contribution < 1.29 is 19.1 Å². The zero-order chi connectivity index (χ0) is 23.4. The van der Waals surface area contributed by atoms with Crippen LogP contribution in [0.2, 0.25) is 0 Å². The lowest BCUT2D eigenvalue weighted by Crippen LogP contribution is -2.32. The zero-order valence-electron chi connectivity index (χ0n) is 18.9. The molecule has 1 N–H and O–H groups in total. The number of nitrogens with zero attached hydrogens (tertiary/aromatic N) is 1. The molecule has 0 atom stereocenters.